The molecule has 0 atom stereocenters. The van der Waals surface area contributed by atoms with E-state index in [1.165, 1.54) is 4.63 Å². The van der Waals surface area contributed by atoms with E-state index in [0.717, 1.165) is 10.7 Å². The Bertz CT molecular complexity index is 863. The zero-order chi connectivity index (χ0) is 14.1. The first-order valence-corrected chi connectivity index (χ1v) is 7.01. The number of nitrogens with zero attached hydrogens (tertiary/aromatic N) is 7. The predicted molar refractivity (Wildman–Crippen MR) is 75.6 cm³/mol. The summed E-state index contributed by atoms with van der Waals surface area (Å²) in [6, 6.07) is 7.55. The van der Waals surface area contributed by atoms with E-state index in [1.807, 2.05) is 23.6 Å². The van der Waals surface area contributed by atoms with E-state index < -0.39 is 0 Å². The van der Waals surface area contributed by atoms with Crippen molar-refractivity contribution in [1.29, 1.82) is 0 Å². The maximum absolute atomic E-state index is 4.43. The van der Waals surface area contributed by atoms with Crippen molar-refractivity contribution in [2.45, 2.75) is 6.54 Å². The molecule has 10 heteroatoms. The molecule has 0 spiro atoms. The Hall–Kier alpha value is -2.88. The number of nitrogens with one attached hydrogen (secondary N) is 2. The Labute approximate surface area is 122 Å². The summed E-state index contributed by atoms with van der Waals surface area (Å²) >= 11 is 1.60. The van der Waals surface area contributed by atoms with Crippen LogP contribution in [0.2, 0.25) is 0 Å². The van der Waals surface area contributed by atoms with Crippen LogP contribution in [-0.4, -0.2) is 40.4 Å². The van der Waals surface area contributed by atoms with Crippen LogP contribution >= 0.6 is 11.3 Å². The molecule has 104 valence electrons. The van der Waals surface area contributed by atoms with E-state index in [0.29, 0.717) is 23.8 Å². The summed E-state index contributed by atoms with van der Waals surface area (Å²) in [6.45, 7) is 0.485. The molecule has 0 saturated heterocycles. The molecule has 0 radical (unpaired) electrons. The van der Waals surface area contributed by atoms with Gasteiger partial charge in [0.1, 0.15) is 11.6 Å². The fourth-order valence-corrected chi connectivity index (χ4v) is 2.47. The summed E-state index contributed by atoms with van der Waals surface area (Å²) in [5.41, 5.74) is 0.597. The molecule has 0 bridgehead atoms. The Morgan fingerprint density at radius 1 is 1.29 bits per heavy atom. The van der Waals surface area contributed by atoms with Gasteiger partial charge in [0.15, 0.2) is 11.5 Å². The summed E-state index contributed by atoms with van der Waals surface area (Å²) < 4.78 is 1.36. The van der Waals surface area contributed by atoms with Gasteiger partial charge in [-0.3, -0.25) is 5.10 Å². The second-order valence-electron chi connectivity index (χ2n) is 4.18. The number of anilines is 1. The summed E-state index contributed by atoms with van der Waals surface area (Å²) in [4.78, 5) is 5.46. The largest absolute Gasteiger partial charge is 0.361 e. The molecule has 4 heterocycles. The topological polar surface area (TPSA) is 110 Å². The van der Waals surface area contributed by atoms with Gasteiger partial charge in [0.25, 0.3) is 0 Å². The highest BCUT2D eigenvalue weighted by Gasteiger charge is 2.07. The van der Waals surface area contributed by atoms with E-state index in [2.05, 4.69) is 41.1 Å². The van der Waals surface area contributed by atoms with Crippen LogP contribution in [0.5, 0.6) is 0 Å². The number of rotatable bonds is 4. The third-order valence-electron chi connectivity index (χ3n) is 2.78. The first-order valence-electron chi connectivity index (χ1n) is 6.13. The van der Waals surface area contributed by atoms with Gasteiger partial charge in [-0.2, -0.15) is 5.10 Å². The lowest BCUT2D eigenvalue weighted by Gasteiger charge is -2.01. The Balaban J connectivity index is 1.49. The smallest absolute Gasteiger partial charge is 0.200 e. The van der Waals surface area contributed by atoms with Gasteiger partial charge < -0.3 is 5.32 Å². The lowest BCUT2D eigenvalue weighted by atomic mass is 10.4. The maximum Gasteiger partial charge on any atom is 0.200 e. The predicted octanol–water partition coefficient (Wildman–Crippen LogP) is 0.978. The lowest BCUT2D eigenvalue weighted by Crippen LogP contribution is -2.05. The number of aromatic nitrogens is 8. The molecule has 21 heavy (non-hydrogen) atoms. The molecule has 0 amide bonds. The summed E-state index contributed by atoms with van der Waals surface area (Å²) in [7, 11) is 0. The number of hydrogen-bond donors (Lipinski definition) is 2. The first kappa shape index (κ1) is 11.9. The summed E-state index contributed by atoms with van der Waals surface area (Å²) in [5, 5.41) is 27.5. The maximum atomic E-state index is 4.43. The number of tetrazole rings is 1. The van der Waals surface area contributed by atoms with Gasteiger partial charge >= 0.3 is 0 Å². The minimum atomic E-state index is 0.485. The SMILES string of the molecule is c1csc(-c2n[nH]c(CNc3ccc4nnnn4n3)n2)c1. The molecule has 0 saturated carbocycles. The van der Waals surface area contributed by atoms with Crippen molar-refractivity contribution in [2.24, 2.45) is 0 Å². The fourth-order valence-electron chi connectivity index (χ4n) is 1.81. The van der Waals surface area contributed by atoms with E-state index in [-0.39, 0.29) is 0 Å². The Morgan fingerprint density at radius 3 is 3.19 bits per heavy atom. The summed E-state index contributed by atoms with van der Waals surface area (Å²) in [5.74, 6) is 2.09. The number of hydrogen-bond acceptors (Lipinski definition) is 8. The van der Waals surface area contributed by atoms with Gasteiger partial charge in [-0.1, -0.05) is 6.07 Å². The average molecular weight is 299 g/mol. The zero-order valence-electron chi connectivity index (χ0n) is 10.6. The monoisotopic (exact) mass is 299 g/mol. The van der Waals surface area contributed by atoms with Gasteiger partial charge in [-0.05, 0) is 34.0 Å². The van der Waals surface area contributed by atoms with Crippen molar-refractivity contribution in [3.63, 3.8) is 0 Å². The molecular formula is C11H9N9S. The van der Waals surface area contributed by atoms with Gasteiger partial charge in [-0.15, -0.1) is 26.2 Å². The van der Waals surface area contributed by atoms with Crippen LogP contribution in [0.1, 0.15) is 5.82 Å². The van der Waals surface area contributed by atoms with Crippen LogP contribution in [0.25, 0.3) is 16.3 Å². The second kappa shape index (κ2) is 4.90. The molecule has 0 unspecified atom stereocenters. The minimum Gasteiger partial charge on any atom is -0.361 e. The molecule has 0 aromatic carbocycles. The molecule has 0 aliphatic rings. The van der Waals surface area contributed by atoms with Crippen LogP contribution in [-0.2, 0) is 6.54 Å². The average Bonchev–Trinajstić information content (AvgIpc) is 3.24. The highest BCUT2D eigenvalue weighted by molar-refractivity contribution is 7.13. The van der Waals surface area contributed by atoms with Gasteiger partial charge in [0.2, 0.25) is 0 Å². The number of H-pyrrole nitrogens is 1. The van der Waals surface area contributed by atoms with Crippen molar-refractivity contribution in [3.05, 3.63) is 35.5 Å². The van der Waals surface area contributed by atoms with E-state index in [9.17, 15) is 0 Å². The standard InChI is InChI=1S/C11H9N9S/c1-2-7(21-5-1)11-13-9(14-16-11)6-12-8-3-4-10-15-18-19-20(10)17-8/h1-5H,6H2,(H,12,17)(H,13,14,16). The lowest BCUT2D eigenvalue weighted by molar-refractivity contribution is 0.733. The Kier molecular flexibility index (Phi) is 2.78. The van der Waals surface area contributed by atoms with Crippen molar-refractivity contribution in [1.82, 2.24) is 40.4 Å². The van der Waals surface area contributed by atoms with Crippen LogP contribution < -0.4 is 5.32 Å². The highest BCUT2D eigenvalue weighted by atomic mass is 32.1. The second-order valence-corrected chi connectivity index (χ2v) is 5.13. The van der Waals surface area contributed by atoms with Crippen LogP contribution in [0.3, 0.4) is 0 Å². The number of thiophene rings is 1. The van der Waals surface area contributed by atoms with Crippen LogP contribution in [0.4, 0.5) is 5.82 Å². The number of aromatic amines is 1. The van der Waals surface area contributed by atoms with Crippen LogP contribution in [0.15, 0.2) is 29.6 Å². The van der Waals surface area contributed by atoms with Crippen LogP contribution in [0, 0.1) is 0 Å². The van der Waals surface area contributed by atoms with Crippen molar-refractivity contribution >= 4 is 22.8 Å². The molecule has 0 aliphatic carbocycles. The molecule has 9 nitrogen and oxygen atoms in total. The molecule has 0 aliphatic heterocycles. The third kappa shape index (κ3) is 2.31. The molecular weight excluding hydrogens is 290 g/mol. The normalized spacial score (nSPS) is 11.0. The Morgan fingerprint density at radius 2 is 2.29 bits per heavy atom. The van der Waals surface area contributed by atoms with E-state index in [4.69, 9.17) is 0 Å². The third-order valence-corrected chi connectivity index (χ3v) is 3.65. The molecule has 0 fully saturated rings. The van der Waals surface area contributed by atoms with Crippen molar-refractivity contribution in [3.8, 4) is 10.7 Å². The molecule has 4 rings (SSSR count). The fraction of sp³-hybridized carbons (Fsp3) is 0.0909. The van der Waals surface area contributed by atoms with Gasteiger partial charge in [0, 0.05) is 0 Å². The van der Waals surface area contributed by atoms with Gasteiger partial charge in [-0.25, -0.2) is 4.98 Å². The van der Waals surface area contributed by atoms with Crippen molar-refractivity contribution < 1.29 is 0 Å². The minimum absolute atomic E-state index is 0.485. The quantitative estimate of drug-likeness (QED) is 0.578. The molecule has 4 aromatic heterocycles. The molecule has 4 aromatic rings. The van der Waals surface area contributed by atoms with Crippen molar-refractivity contribution in [2.75, 3.05) is 5.32 Å². The van der Waals surface area contributed by atoms with E-state index >= 15 is 0 Å². The molecule has 2 N–H and O–H groups in total. The first-order chi connectivity index (χ1) is 10.4. The van der Waals surface area contributed by atoms with E-state index in [1.54, 1.807) is 17.4 Å². The zero-order valence-corrected chi connectivity index (χ0v) is 11.4. The van der Waals surface area contributed by atoms with Gasteiger partial charge in [0.05, 0.1) is 11.4 Å². The summed E-state index contributed by atoms with van der Waals surface area (Å²) in [6.07, 6.45) is 0. The number of fused-ring (bicyclic) bond motifs is 1. The highest BCUT2D eigenvalue weighted by Crippen LogP contribution is 2.20.